The van der Waals surface area contributed by atoms with Crippen molar-refractivity contribution >= 4 is 57.2 Å². The molecule has 0 spiro atoms. The predicted molar refractivity (Wildman–Crippen MR) is 143 cm³/mol. The Balaban J connectivity index is 1.54. The first-order chi connectivity index (χ1) is 17.0. The van der Waals surface area contributed by atoms with Crippen LogP contribution in [0.4, 0.5) is 0 Å². The van der Waals surface area contributed by atoms with Gasteiger partial charge in [0.2, 0.25) is 0 Å². The van der Waals surface area contributed by atoms with Crippen molar-refractivity contribution in [1.29, 1.82) is 0 Å². The van der Waals surface area contributed by atoms with Gasteiger partial charge in [0.15, 0.2) is 11.0 Å². The van der Waals surface area contributed by atoms with E-state index in [1.807, 2.05) is 41.8 Å². The summed E-state index contributed by atoms with van der Waals surface area (Å²) in [5.41, 5.74) is 3.99. The molecule has 0 unspecified atom stereocenters. The topological polar surface area (TPSA) is 72.9 Å². The highest BCUT2D eigenvalue weighted by atomic mass is 35.5. The molecule has 5 rings (SSSR count). The van der Waals surface area contributed by atoms with Crippen molar-refractivity contribution in [2.24, 2.45) is 0 Å². The Morgan fingerprint density at radius 2 is 1.66 bits per heavy atom. The number of hydrogen-bond donors (Lipinski definition) is 1. The summed E-state index contributed by atoms with van der Waals surface area (Å²) in [6.45, 7) is 5.57. The van der Waals surface area contributed by atoms with Crippen LogP contribution in [0.15, 0.2) is 76.8 Å². The van der Waals surface area contributed by atoms with Crippen molar-refractivity contribution in [3.05, 3.63) is 82.2 Å². The molecule has 3 aromatic carbocycles. The summed E-state index contributed by atoms with van der Waals surface area (Å²) in [5, 5.41) is 22.0. The monoisotopic (exact) mass is 502 g/mol. The SMILES string of the molecule is CCn1c(S/C(=C\c2ccc3c(c2)c2ccccc2n3CC)C(=O)O)nnc1-c1ccc(Cl)cc1. The van der Waals surface area contributed by atoms with Crippen LogP contribution in [0.2, 0.25) is 5.02 Å². The standard InChI is InChI=1S/C27H23ClN4O2S/c1-3-31-22-8-6-5-7-20(22)21-15-17(9-14-23(21)31)16-24(26(33)34)35-27-30-29-25(32(27)4-2)18-10-12-19(28)13-11-18/h5-16H,3-4H2,1-2H3,(H,33,34)/b24-16-. The molecule has 0 aliphatic rings. The second kappa shape index (κ2) is 9.60. The van der Waals surface area contributed by atoms with Crippen LogP contribution in [0.1, 0.15) is 19.4 Å². The summed E-state index contributed by atoms with van der Waals surface area (Å²) < 4.78 is 4.18. The Bertz CT molecular complexity index is 1580. The molecule has 6 nitrogen and oxygen atoms in total. The maximum absolute atomic E-state index is 12.2. The number of rotatable bonds is 7. The Morgan fingerprint density at radius 3 is 2.37 bits per heavy atom. The highest BCUT2D eigenvalue weighted by molar-refractivity contribution is 8.04. The average Bonchev–Trinajstić information content (AvgIpc) is 3.42. The van der Waals surface area contributed by atoms with E-state index in [0.29, 0.717) is 22.5 Å². The van der Waals surface area contributed by atoms with E-state index >= 15 is 0 Å². The highest BCUT2D eigenvalue weighted by Gasteiger charge is 2.19. The first-order valence-corrected chi connectivity index (χ1v) is 12.5. The Labute approximate surface area is 211 Å². The third-order valence-electron chi connectivity index (χ3n) is 5.96. The molecule has 0 fully saturated rings. The minimum absolute atomic E-state index is 0.174. The predicted octanol–water partition coefficient (Wildman–Crippen LogP) is 6.96. The molecule has 0 saturated heterocycles. The van der Waals surface area contributed by atoms with Crippen LogP contribution in [0, 0.1) is 0 Å². The van der Waals surface area contributed by atoms with Crippen LogP contribution in [-0.2, 0) is 17.9 Å². The highest BCUT2D eigenvalue weighted by Crippen LogP contribution is 2.33. The van der Waals surface area contributed by atoms with Gasteiger partial charge in [-0.05, 0) is 79.7 Å². The normalized spacial score (nSPS) is 12.0. The number of benzene rings is 3. The Hall–Kier alpha value is -3.55. The molecule has 0 radical (unpaired) electrons. The fourth-order valence-corrected chi connectivity index (χ4v) is 5.36. The lowest BCUT2D eigenvalue weighted by atomic mass is 10.1. The van der Waals surface area contributed by atoms with E-state index in [-0.39, 0.29) is 4.91 Å². The van der Waals surface area contributed by atoms with Gasteiger partial charge in [-0.25, -0.2) is 4.79 Å². The van der Waals surface area contributed by atoms with E-state index in [0.717, 1.165) is 45.7 Å². The van der Waals surface area contributed by atoms with Crippen LogP contribution < -0.4 is 0 Å². The smallest absolute Gasteiger partial charge is 0.342 e. The molecule has 0 aliphatic heterocycles. The van der Waals surface area contributed by atoms with Gasteiger partial charge in [-0.3, -0.25) is 0 Å². The van der Waals surface area contributed by atoms with Crippen LogP contribution in [0.5, 0.6) is 0 Å². The number of fused-ring (bicyclic) bond motifs is 3. The lowest BCUT2D eigenvalue weighted by molar-refractivity contribution is -0.131. The molecule has 2 heterocycles. The zero-order chi connectivity index (χ0) is 24.5. The number of hydrogen-bond acceptors (Lipinski definition) is 4. The quantitative estimate of drug-likeness (QED) is 0.192. The number of nitrogens with zero attached hydrogens (tertiary/aromatic N) is 4. The van der Waals surface area contributed by atoms with Gasteiger partial charge in [-0.15, -0.1) is 10.2 Å². The number of aromatic nitrogens is 4. The van der Waals surface area contributed by atoms with Crippen molar-refractivity contribution in [3.8, 4) is 11.4 Å². The van der Waals surface area contributed by atoms with Gasteiger partial charge in [0.25, 0.3) is 0 Å². The average molecular weight is 503 g/mol. The molecule has 5 aromatic rings. The summed E-state index contributed by atoms with van der Waals surface area (Å²) >= 11 is 7.12. The van der Waals surface area contributed by atoms with Gasteiger partial charge >= 0.3 is 5.97 Å². The van der Waals surface area contributed by atoms with Crippen molar-refractivity contribution < 1.29 is 9.90 Å². The summed E-state index contributed by atoms with van der Waals surface area (Å²) in [7, 11) is 0. The molecule has 8 heteroatoms. The largest absolute Gasteiger partial charge is 0.477 e. The van der Waals surface area contributed by atoms with Crippen molar-refractivity contribution in [2.45, 2.75) is 32.1 Å². The van der Waals surface area contributed by atoms with E-state index in [1.165, 1.54) is 5.52 Å². The molecule has 0 amide bonds. The second-order valence-electron chi connectivity index (χ2n) is 8.01. The first kappa shape index (κ1) is 23.2. The van der Waals surface area contributed by atoms with Gasteiger partial charge in [-0.1, -0.05) is 35.9 Å². The van der Waals surface area contributed by atoms with Crippen molar-refractivity contribution in [2.75, 3.05) is 0 Å². The number of aliphatic carboxylic acids is 1. The van der Waals surface area contributed by atoms with E-state index in [9.17, 15) is 9.90 Å². The fraction of sp³-hybridized carbons (Fsp3) is 0.148. The minimum atomic E-state index is -1.01. The summed E-state index contributed by atoms with van der Waals surface area (Å²) in [6, 6.07) is 21.7. The van der Waals surface area contributed by atoms with Crippen LogP contribution in [0.25, 0.3) is 39.3 Å². The number of carbonyl (C=O) groups is 1. The van der Waals surface area contributed by atoms with Gasteiger partial charge in [0.05, 0.1) is 0 Å². The number of carboxylic acids is 1. The number of para-hydroxylation sites is 1. The van der Waals surface area contributed by atoms with E-state index in [2.05, 4.69) is 46.0 Å². The first-order valence-electron chi connectivity index (χ1n) is 11.3. The minimum Gasteiger partial charge on any atom is -0.477 e. The Morgan fingerprint density at radius 1 is 0.943 bits per heavy atom. The van der Waals surface area contributed by atoms with E-state index in [4.69, 9.17) is 11.6 Å². The summed E-state index contributed by atoms with van der Waals surface area (Å²) in [6.07, 6.45) is 1.70. The van der Waals surface area contributed by atoms with E-state index in [1.54, 1.807) is 18.2 Å². The van der Waals surface area contributed by atoms with Crippen LogP contribution in [-0.4, -0.2) is 30.4 Å². The number of thioether (sulfide) groups is 1. The molecule has 0 saturated carbocycles. The molecule has 1 N–H and O–H groups in total. The zero-order valence-electron chi connectivity index (χ0n) is 19.3. The molecule has 176 valence electrons. The zero-order valence-corrected chi connectivity index (χ0v) is 20.8. The molecular formula is C27H23ClN4O2S. The van der Waals surface area contributed by atoms with Crippen molar-refractivity contribution in [1.82, 2.24) is 19.3 Å². The summed E-state index contributed by atoms with van der Waals surface area (Å²) in [5.74, 6) is -0.338. The van der Waals surface area contributed by atoms with E-state index < -0.39 is 5.97 Å². The summed E-state index contributed by atoms with van der Waals surface area (Å²) in [4.78, 5) is 12.4. The Kier molecular flexibility index (Phi) is 6.36. The van der Waals surface area contributed by atoms with Gasteiger partial charge in [-0.2, -0.15) is 0 Å². The number of halogens is 1. The molecule has 35 heavy (non-hydrogen) atoms. The third-order valence-corrected chi connectivity index (χ3v) is 7.21. The molecule has 2 aromatic heterocycles. The van der Waals surface area contributed by atoms with Crippen LogP contribution in [0.3, 0.4) is 0 Å². The fourth-order valence-electron chi connectivity index (χ4n) is 4.35. The van der Waals surface area contributed by atoms with Crippen LogP contribution >= 0.6 is 23.4 Å². The molecule has 0 atom stereocenters. The molecular weight excluding hydrogens is 480 g/mol. The number of carboxylic acid groups (broad SMARTS) is 1. The molecule has 0 bridgehead atoms. The maximum atomic E-state index is 12.2. The van der Waals surface area contributed by atoms with Gasteiger partial charge < -0.3 is 14.2 Å². The maximum Gasteiger partial charge on any atom is 0.342 e. The van der Waals surface area contributed by atoms with Gasteiger partial charge in [0.1, 0.15) is 4.91 Å². The molecule has 0 aliphatic carbocycles. The number of aryl methyl sites for hydroxylation is 1. The lowest BCUT2D eigenvalue weighted by Gasteiger charge is -2.08. The van der Waals surface area contributed by atoms with Crippen molar-refractivity contribution in [3.63, 3.8) is 0 Å². The van der Waals surface area contributed by atoms with Gasteiger partial charge in [0, 0.05) is 45.5 Å². The second-order valence-corrected chi connectivity index (χ2v) is 9.46. The lowest BCUT2D eigenvalue weighted by Crippen LogP contribution is -2.02. The third kappa shape index (κ3) is 4.33.